The minimum Gasteiger partial charge on any atom is -0.489 e. The second-order valence-corrected chi connectivity index (χ2v) is 5.74. The number of hydrogen-bond acceptors (Lipinski definition) is 4. The average Bonchev–Trinajstić information content (AvgIpc) is 2.46. The predicted molar refractivity (Wildman–Crippen MR) is 82.3 cm³/mol. The lowest BCUT2D eigenvalue weighted by Crippen LogP contribution is -2.34. The Bertz CT molecular complexity index is 575. The molecule has 7 heteroatoms. The number of alkyl carbamates (subject to hydrolysis) is 1. The molecule has 0 aromatic heterocycles. The monoisotopic (exact) mass is 325 g/mol. The summed E-state index contributed by atoms with van der Waals surface area (Å²) in [6.45, 7) is 5.03. The number of carboxylic acid groups (broad SMARTS) is 1. The van der Waals surface area contributed by atoms with Gasteiger partial charge in [0, 0.05) is 12.1 Å². The first-order valence-electron chi connectivity index (χ1n) is 6.92. The Hall–Kier alpha value is -2.57. The third-order valence-corrected chi connectivity index (χ3v) is 2.54. The number of ether oxygens (including phenoxy) is 2. The van der Waals surface area contributed by atoms with Crippen LogP contribution < -0.4 is 10.1 Å². The van der Waals surface area contributed by atoms with E-state index in [1.807, 2.05) is 0 Å². The molecule has 6 nitrogen and oxygen atoms in total. The molecule has 2 N–H and O–H groups in total. The topological polar surface area (TPSA) is 84.9 Å². The van der Waals surface area contributed by atoms with Gasteiger partial charge in [-0.25, -0.2) is 14.0 Å². The highest BCUT2D eigenvalue weighted by Gasteiger charge is 2.16. The van der Waals surface area contributed by atoms with Crippen LogP contribution in [0.15, 0.2) is 36.2 Å². The molecule has 0 heterocycles. The number of aromatic carboxylic acids is 1. The highest BCUT2D eigenvalue weighted by molar-refractivity contribution is 5.87. The van der Waals surface area contributed by atoms with Crippen molar-refractivity contribution in [1.29, 1.82) is 0 Å². The largest absolute Gasteiger partial charge is 0.489 e. The van der Waals surface area contributed by atoms with Crippen LogP contribution in [-0.4, -0.2) is 35.9 Å². The molecule has 0 aliphatic carbocycles. The molecule has 126 valence electrons. The summed E-state index contributed by atoms with van der Waals surface area (Å²) in [6, 6.07) is 5.71. The molecule has 1 rings (SSSR count). The normalized spacial score (nSPS) is 11.7. The van der Waals surface area contributed by atoms with E-state index < -0.39 is 17.7 Å². The molecule has 1 aromatic carbocycles. The zero-order chi connectivity index (χ0) is 17.5. The second kappa shape index (κ2) is 8.17. The Labute approximate surface area is 133 Å². The van der Waals surface area contributed by atoms with Gasteiger partial charge in [-0.3, -0.25) is 0 Å². The van der Waals surface area contributed by atoms with Crippen molar-refractivity contribution in [2.45, 2.75) is 26.4 Å². The molecule has 0 fully saturated rings. The molecule has 0 unspecified atom stereocenters. The Morgan fingerprint density at radius 3 is 2.35 bits per heavy atom. The SMILES string of the molecule is CC(C)(C)OC(=O)NC/C(=C/F)COc1ccc(C(=O)O)cc1. The van der Waals surface area contributed by atoms with E-state index in [4.69, 9.17) is 14.6 Å². The highest BCUT2D eigenvalue weighted by Crippen LogP contribution is 2.13. The minimum atomic E-state index is -1.04. The fourth-order valence-electron chi connectivity index (χ4n) is 1.49. The van der Waals surface area contributed by atoms with Crippen LogP contribution in [0.4, 0.5) is 9.18 Å². The van der Waals surface area contributed by atoms with E-state index in [-0.39, 0.29) is 24.3 Å². The van der Waals surface area contributed by atoms with E-state index in [9.17, 15) is 14.0 Å². The Balaban J connectivity index is 2.45. The predicted octanol–water partition coefficient (Wildman–Crippen LogP) is 3.14. The van der Waals surface area contributed by atoms with Crippen molar-refractivity contribution in [3.63, 3.8) is 0 Å². The van der Waals surface area contributed by atoms with Crippen LogP contribution in [0.1, 0.15) is 31.1 Å². The lowest BCUT2D eigenvalue weighted by atomic mass is 10.2. The number of hydrogen-bond donors (Lipinski definition) is 2. The van der Waals surface area contributed by atoms with Crippen LogP contribution in [0.5, 0.6) is 5.75 Å². The summed E-state index contributed by atoms with van der Waals surface area (Å²) in [6.07, 6.45) is -0.300. The van der Waals surface area contributed by atoms with E-state index in [1.54, 1.807) is 20.8 Å². The van der Waals surface area contributed by atoms with Crippen molar-refractivity contribution in [1.82, 2.24) is 5.32 Å². The highest BCUT2D eigenvalue weighted by atomic mass is 19.1. The molecule has 0 saturated carbocycles. The lowest BCUT2D eigenvalue weighted by Gasteiger charge is -2.20. The van der Waals surface area contributed by atoms with Gasteiger partial charge in [0.25, 0.3) is 0 Å². The van der Waals surface area contributed by atoms with Gasteiger partial charge in [-0.15, -0.1) is 0 Å². The van der Waals surface area contributed by atoms with Gasteiger partial charge in [0.2, 0.25) is 0 Å². The zero-order valence-electron chi connectivity index (χ0n) is 13.3. The number of amides is 1. The van der Waals surface area contributed by atoms with Crippen LogP contribution >= 0.6 is 0 Å². The van der Waals surface area contributed by atoms with Crippen molar-refractivity contribution >= 4 is 12.1 Å². The summed E-state index contributed by atoms with van der Waals surface area (Å²) in [7, 11) is 0. The first-order valence-corrected chi connectivity index (χ1v) is 6.92. The van der Waals surface area contributed by atoms with Crippen molar-refractivity contribution in [3.8, 4) is 5.75 Å². The molecule has 0 aliphatic rings. The van der Waals surface area contributed by atoms with Crippen LogP contribution in [0.25, 0.3) is 0 Å². The maximum absolute atomic E-state index is 12.8. The van der Waals surface area contributed by atoms with Crippen molar-refractivity contribution in [2.24, 2.45) is 0 Å². The summed E-state index contributed by atoms with van der Waals surface area (Å²) in [4.78, 5) is 22.2. The molecule has 1 aromatic rings. The number of carbonyl (C=O) groups is 2. The molecule has 0 saturated heterocycles. The van der Waals surface area contributed by atoms with Gasteiger partial charge in [-0.2, -0.15) is 0 Å². The summed E-state index contributed by atoms with van der Waals surface area (Å²) < 4.78 is 23.2. The zero-order valence-corrected chi connectivity index (χ0v) is 13.3. The summed E-state index contributed by atoms with van der Waals surface area (Å²) in [5.41, 5.74) is -0.296. The van der Waals surface area contributed by atoms with Gasteiger partial charge in [-0.1, -0.05) is 0 Å². The first kappa shape index (κ1) is 18.5. The van der Waals surface area contributed by atoms with Crippen LogP contribution in [0.3, 0.4) is 0 Å². The van der Waals surface area contributed by atoms with Crippen LogP contribution in [-0.2, 0) is 4.74 Å². The summed E-state index contributed by atoms with van der Waals surface area (Å²) >= 11 is 0. The van der Waals surface area contributed by atoms with Gasteiger partial charge in [-0.05, 0) is 45.0 Å². The van der Waals surface area contributed by atoms with E-state index in [1.165, 1.54) is 24.3 Å². The van der Waals surface area contributed by atoms with Crippen LogP contribution in [0, 0.1) is 0 Å². The molecule has 0 bridgehead atoms. The maximum Gasteiger partial charge on any atom is 0.407 e. The third kappa shape index (κ3) is 7.30. The van der Waals surface area contributed by atoms with E-state index in [0.717, 1.165) is 0 Å². The van der Waals surface area contributed by atoms with Crippen molar-refractivity contribution in [2.75, 3.05) is 13.2 Å². The van der Waals surface area contributed by atoms with Gasteiger partial charge >= 0.3 is 12.1 Å². The summed E-state index contributed by atoms with van der Waals surface area (Å²) in [5.74, 6) is -0.644. The van der Waals surface area contributed by atoms with E-state index in [2.05, 4.69) is 5.32 Å². The number of benzene rings is 1. The van der Waals surface area contributed by atoms with Gasteiger partial charge in [0.15, 0.2) is 0 Å². The fraction of sp³-hybridized carbons (Fsp3) is 0.375. The number of nitrogens with one attached hydrogen (secondary N) is 1. The maximum atomic E-state index is 12.8. The average molecular weight is 325 g/mol. The van der Waals surface area contributed by atoms with Gasteiger partial charge in [0.05, 0.1) is 11.9 Å². The number of halogens is 1. The lowest BCUT2D eigenvalue weighted by molar-refractivity contribution is 0.0531. The molecule has 0 radical (unpaired) electrons. The minimum absolute atomic E-state index is 0.0569. The smallest absolute Gasteiger partial charge is 0.407 e. The molecular formula is C16H20FNO5. The molecule has 0 atom stereocenters. The van der Waals surface area contributed by atoms with Crippen molar-refractivity contribution in [3.05, 3.63) is 41.7 Å². The molecule has 0 spiro atoms. The Morgan fingerprint density at radius 2 is 1.87 bits per heavy atom. The fourth-order valence-corrected chi connectivity index (χ4v) is 1.49. The number of rotatable bonds is 6. The Kier molecular flexibility index (Phi) is 6.56. The molecule has 0 aliphatic heterocycles. The molecule has 23 heavy (non-hydrogen) atoms. The first-order chi connectivity index (χ1) is 10.7. The third-order valence-electron chi connectivity index (χ3n) is 2.54. The molecule has 1 amide bonds. The van der Waals surface area contributed by atoms with Crippen molar-refractivity contribution < 1.29 is 28.6 Å². The quantitative estimate of drug-likeness (QED) is 0.839. The number of carbonyl (C=O) groups excluding carboxylic acids is 1. The van der Waals surface area contributed by atoms with Gasteiger partial charge < -0.3 is 19.9 Å². The van der Waals surface area contributed by atoms with Crippen LogP contribution in [0.2, 0.25) is 0 Å². The van der Waals surface area contributed by atoms with Gasteiger partial charge in [0.1, 0.15) is 18.0 Å². The summed E-state index contributed by atoms with van der Waals surface area (Å²) in [5, 5.41) is 11.2. The second-order valence-electron chi connectivity index (χ2n) is 5.74. The van der Waals surface area contributed by atoms with E-state index in [0.29, 0.717) is 12.1 Å². The van der Waals surface area contributed by atoms with E-state index >= 15 is 0 Å². The molecular weight excluding hydrogens is 305 g/mol. The Morgan fingerprint density at radius 1 is 1.26 bits per heavy atom. The number of carboxylic acids is 1. The standard InChI is InChI=1S/C16H20FNO5/c1-16(2,3)23-15(21)18-9-11(8-17)10-22-13-6-4-12(5-7-13)14(19)20/h4-8H,9-10H2,1-3H3,(H,18,21)(H,19,20)/b11-8-.